The number of nitrogens with zero attached hydrogens (tertiary/aromatic N) is 4. The van der Waals surface area contributed by atoms with Gasteiger partial charge in [-0.2, -0.15) is 0 Å². The van der Waals surface area contributed by atoms with Crippen LogP contribution in [0.4, 0.5) is 10.6 Å². The Hall–Kier alpha value is -3.40. The van der Waals surface area contributed by atoms with Crippen LogP contribution in [-0.4, -0.2) is 70.1 Å². The highest BCUT2D eigenvalue weighted by atomic mass is 16.6. The summed E-state index contributed by atoms with van der Waals surface area (Å²) >= 11 is 0. The van der Waals surface area contributed by atoms with E-state index in [4.69, 9.17) is 10.5 Å². The van der Waals surface area contributed by atoms with Crippen molar-refractivity contribution >= 4 is 17.7 Å². The number of aromatic nitrogens is 2. The lowest BCUT2D eigenvalue weighted by Gasteiger charge is -2.33. The van der Waals surface area contributed by atoms with Crippen LogP contribution >= 0.6 is 0 Å². The lowest BCUT2D eigenvalue weighted by atomic mass is 10.1. The van der Waals surface area contributed by atoms with Crippen molar-refractivity contribution < 1.29 is 14.3 Å². The number of piperazine rings is 1. The normalized spacial score (nSPS) is 14.4. The van der Waals surface area contributed by atoms with Crippen LogP contribution in [0, 0.1) is 0 Å². The van der Waals surface area contributed by atoms with Crippen LogP contribution in [0.1, 0.15) is 29.8 Å². The fraction of sp³-hybridized carbons (Fsp3) is 0.455. The quantitative estimate of drug-likeness (QED) is 0.623. The van der Waals surface area contributed by atoms with Crippen molar-refractivity contribution in [1.82, 2.24) is 18.9 Å². The minimum atomic E-state index is -0.672. The Bertz CT molecular complexity index is 1080. The average Bonchev–Trinajstić information content (AvgIpc) is 2.78. The van der Waals surface area contributed by atoms with E-state index in [0.29, 0.717) is 32.8 Å². The number of ketones is 1. The van der Waals surface area contributed by atoms with Gasteiger partial charge in [0.1, 0.15) is 11.4 Å². The highest BCUT2D eigenvalue weighted by Gasteiger charge is 2.27. The summed E-state index contributed by atoms with van der Waals surface area (Å²) in [4.78, 5) is 54.1. The molecule has 2 aromatic rings. The molecule has 10 heteroatoms. The van der Waals surface area contributed by atoms with Gasteiger partial charge in [0.05, 0.1) is 19.7 Å². The summed E-state index contributed by atoms with van der Waals surface area (Å²) < 4.78 is 7.31. The van der Waals surface area contributed by atoms with Crippen molar-refractivity contribution in [2.45, 2.75) is 26.9 Å². The minimum Gasteiger partial charge on any atom is -0.450 e. The molecule has 1 aliphatic rings. The van der Waals surface area contributed by atoms with Crippen LogP contribution in [-0.2, 0) is 17.8 Å². The Morgan fingerprint density at radius 3 is 2.25 bits per heavy atom. The number of benzene rings is 1. The number of Topliss-reactive ketones (excluding diaryl/α,β-unsaturated/α-hetero) is 1. The van der Waals surface area contributed by atoms with Crippen LogP contribution < -0.4 is 17.0 Å². The third-order valence-electron chi connectivity index (χ3n) is 5.51. The van der Waals surface area contributed by atoms with Crippen LogP contribution in [0.15, 0.2) is 39.9 Å². The lowest BCUT2D eigenvalue weighted by molar-refractivity contribution is 0.0732. The molecule has 2 heterocycles. The van der Waals surface area contributed by atoms with E-state index in [1.54, 1.807) is 18.7 Å². The molecule has 1 amide bonds. The Labute approximate surface area is 185 Å². The molecule has 0 aliphatic carbocycles. The molecule has 0 spiro atoms. The first kappa shape index (κ1) is 23.3. The summed E-state index contributed by atoms with van der Waals surface area (Å²) in [6.07, 6.45) is -0.374. The van der Waals surface area contributed by atoms with Gasteiger partial charge < -0.3 is 15.4 Å². The number of ether oxygens (including phenoxy) is 1. The van der Waals surface area contributed by atoms with E-state index < -0.39 is 17.0 Å². The van der Waals surface area contributed by atoms with E-state index in [-0.39, 0.29) is 37.1 Å². The maximum atomic E-state index is 13.1. The summed E-state index contributed by atoms with van der Waals surface area (Å²) in [5, 5.41) is 0. The SMILES string of the molecule is CCOC(=O)N1CCN(CC(=O)c2c(N)n(Cc3ccccc3)c(=O)n(CC)c2=O)CC1. The zero-order valence-electron chi connectivity index (χ0n) is 18.5. The van der Waals surface area contributed by atoms with Crippen molar-refractivity contribution in [1.29, 1.82) is 0 Å². The first-order valence-corrected chi connectivity index (χ1v) is 10.7. The molecular weight excluding hydrogens is 414 g/mol. The molecule has 0 saturated carbocycles. The predicted molar refractivity (Wildman–Crippen MR) is 120 cm³/mol. The zero-order valence-corrected chi connectivity index (χ0v) is 18.5. The predicted octanol–water partition coefficient (Wildman–Crippen LogP) is 0.617. The number of hydrogen-bond donors (Lipinski definition) is 1. The number of carbonyl (C=O) groups excluding carboxylic acids is 2. The Morgan fingerprint density at radius 2 is 1.66 bits per heavy atom. The van der Waals surface area contributed by atoms with Gasteiger partial charge in [0.25, 0.3) is 5.56 Å². The Kier molecular flexibility index (Phi) is 7.47. The lowest BCUT2D eigenvalue weighted by Crippen LogP contribution is -2.51. The zero-order chi connectivity index (χ0) is 23.3. The third kappa shape index (κ3) is 4.91. The second-order valence-corrected chi connectivity index (χ2v) is 7.55. The first-order chi connectivity index (χ1) is 15.4. The fourth-order valence-corrected chi connectivity index (χ4v) is 3.76. The number of anilines is 1. The number of nitrogens with two attached hydrogens (primary N) is 1. The second kappa shape index (κ2) is 10.3. The van der Waals surface area contributed by atoms with Crippen LogP contribution in [0.25, 0.3) is 0 Å². The smallest absolute Gasteiger partial charge is 0.409 e. The largest absolute Gasteiger partial charge is 0.450 e. The molecule has 172 valence electrons. The molecule has 1 aromatic carbocycles. The number of amides is 1. The third-order valence-corrected chi connectivity index (χ3v) is 5.51. The van der Waals surface area contributed by atoms with Crippen molar-refractivity contribution in [2.24, 2.45) is 0 Å². The second-order valence-electron chi connectivity index (χ2n) is 7.55. The van der Waals surface area contributed by atoms with E-state index in [0.717, 1.165) is 10.1 Å². The molecule has 0 atom stereocenters. The van der Waals surface area contributed by atoms with Crippen LogP contribution in [0.3, 0.4) is 0 Å². The maximum Gasteiger partial charge on any atom is 0.409 e. The van der Waals surface area contributed by atoms with Crippen LogP contribution in [0.5, 0.6) is 0 Å². The van der Waals surface area contributed by atoms with Gasteiger partial charge in [-0.25, -0.2) is 9.59 Å². The molecule has 1 aliphatic heterocycles. The van der Waals surface area contributed by atoms with Gasteiger partial charge in [-0.3, -0.25) is 23.6 Å². The van der Waals surface area contributed by atoms with Crippen molar-refractivity contribution in [3.63, 3.8) is 0 Å². The van der Waals surface area contributed by atoms with Crippen molar-refractivity contribution in [3.8, 4) is 0 Å². The van der Waals surface area contributed by atoms with Gasteiger partial charge in [-0.05, 0) is 19.4 Å². The van der Waals surface area contributed by atoms with E-state index in [2.05, 4.69) is 0 Å². The van der Waals surface area contributed by atoms with E-state index in [9.17, 15) is 19.2 Å². The fourth-order valence-electron chi connectivity index (χ4n) is 3.76. The molecule has 1 fully saturated rings. The van der Waals surface area contributed by atoms with Gasteiger partial charge >= 0.3 is 11.8 Å². The monoisotopic (exact) mass is 443 g/mol. The summed E-state index contributed by atoms with van der Waals surface area (Å²) in [6, 6.07) is 9.23. The maximum absolute atomic E-state index is 13.1. The van der Waals surface area contributed by atoms with Crippen LogP contribution in [0.2, 0.25) is 0 Å². The number of rotatable bonds is 7. The van der Waals surface area contributed by atoms with E-state index in [1.807, 2.05) is 35.2 Å². The van der Waals surface area contributed by atoms with Gasteiger partial charge in [0.2, 0.25) is 0 Å². The summed E-state index contributed by atoms with van der Waals surface area (Å²) in [5.41, 5.74) is 5.64. The van der Waals surface area contributed by atoms with Gasteiger partial charge in [0.15, 0.2) is 5.78 Å². The summed E-state index contributed by atoms with van der Waals surface area (Å²) in [6.45, 7) is 5.78. The molecule has 32 heavy (non-hydrogen) atoms. The molecule has 2 N–H and O–H groups in total. The molecule has 0 unspecified atom stereocenters. The van der Waals surface area contributed by atoms with E-state index >= 15 is 0 Å². The molecule has 0 bridgehead atoms. The molecule has 10 nitrogen and oxygen atoms in total. The van der Waals surface area contributed by atoms with Crippen molar-refractivity contribution in [3.05, 3.63) is 62.3 Å². The summed E-state index contributed by atoms with van der Waals surface area (Å²) in [5.74, 6) is -0.565. The van der Waals surface area contributed by atoms with Gasteiger partial charge in [0, 0.05) is 32.7 Å². The standard InChI is InChI=1S/C22H29N5O5/c1-3-26-20(29)18(19(23)27(21(26)30)14-16-8-6-5-7-9-16)17(28)15-24-10-12-25(13-11-24)22(31)32-4-2/h5-9H,3-4,10-15,23H2,1-2H3. The Balaban J connectivity index is 1.83. The topological polar surface area (TPSA) is 120 Å². The summed E-state index contributed by atoms with van der Waals surface area (Å²) in [7, 11) is 0. The highest BCUT2D eigenvalue weighted by molar-refractivity contribution is 6.01. The first-order valence-electron chi connectivity index (χ1n) is 10.7. The minimum absolute atomic E-state index is 0.0244. The van der Waals surface area contributed by atoms with E-state index in [1.165, 1.54) is 4.57 Å². The van der Waals surface area contributed by atoms with Gasteiger partial charge in [-0.15, -0.1) is 0 Å². The molecule has 3 rings (SSSR count). The number of hydrogen-bond acceptors (Lipinski definition) is 7. The molecule has 1 saturated heterocycles. The van der Waals surface area contributed by atoms with Crippen molar-refractivity contribution in [2.75, 3.05) is 45.1 Å². The van der Waals surface area contributed by atoms with Gasteiger partial charge in [-0.1, -0.05) is 30.3 Å². The molecular formula is C22H29N5O5. The molecule has 1 aromatic heterocycles. The number of carbonyl (C=O) groups is 2. The Morgan fingerprint density at radius 1 is 1.00 bits per heavy atom. The number of nitrogen functional groups attached to an aromatic ring is 1. The average molecular weight is 444 g/mol. The highest BCUT2D eigenvalue weighted by Crippen LogP contribution is 2.12. The molecule has 0 radical (unpaired) electrons.